The minimum absolute atomic E-state index is 0.515. The van der Waals surface area contributed by atoms with Gasteiger partial charge in [-0.2, -0.15) is 10.5 Å². The second kappa shape index (κ2) is 12.6. The van der Waals surface area contributed by atoms with Crippen molar-refractivity contribution in [2.75, 3.05) is 0 Å². The predicted octanol–water partition coefficient (Wildman–Crippen LogP) is 13.9. The van der Waals surface area contributed by atoms with Gasteiger partial charge in [-0.05, 0) is 107 Å². The molecule has 0 aliphatic rings. The van der Waals surface area contributed by atoms with E-state index >= 15 is 0 Å². The molecule has 0 aliphatic heterocycles. The second-order valence-corrected chi connectivity index (χ2v) is 15.3. The predicted molar refractivity (Wildman–Crippen MR) is 235 cm³/mol. The summed E-state index contributed by atoms with van der Waals surface area (Å²) in [6, 6.07) is 60.8. The monoisotopic (exact) mass is 741 g/mol. The zero-order chi connectivity index (χ0) is 38.2. The zero-order valence-corrected chi connectivity index (χ0v) is 31.0. The highest BCUT2D eigenvalue weighted by Crippen LogP contribution is 2.44. The Morgan fingerprint density at radius 3 is 1.82 bits per heavy atom. The van der Waals surface area contributed by atoms with Gasteiger partial charge in [-0.3, -0.25) is 0 Å². The summed E-state index contributed by atoms with van der Waals surface area (Å²) in [6.07, 6.45) is 0. The van der Waals surface area contributed by atoms with Crippen molar-refractivity contribution in [1.82, 2.24) is 9.13 Å². The lowest BCUT2D eigenvalue weighted by Crippen LogP contribution is -1.96. The first-order valence-corrected chi connectivity index (χ1v) is 19.4. The van der Waals surface area contributed by atoms with Crippen molar-refractivity contribution in [2.24, 2.45) is 0 Å². The first-order valence-electron chi connectivity index (χ1n) is 18.6. The lowest BCUT2D eigenvalue weighted by atomic mass is 9.93. The van der Waals surface area contributed by atoms with Crippen molar-refractivity contribution in [1.29, 1.82) is 10.5 Å². The Kier molecular flexibility index (Phi) is 7.15. The summed E-state index contributed by atoms with van der Waals surface area (Å²) >= 11 is 1.86. The SMILES string of the molecule is [C-]#[N+]c1cc(-c2ccccc2-c2cccc(-n3c4ccccc4c4c5sc6ccccc6c5ccc43)c2)cc(-n2c3ccc(C#N)cc3c3cc(C#N)ccc32)c1. The fraction of sp³-hybridized carbons (Fsp3) is 0. The van der Waals surface area contributed by atoms with E-state index in [0.717, 1.165) is 61.0 Å². The summed E-state index contributed by atoms with van der Waals surface area (Å²) in [5, 5.41) is 26.3. The molecule has 8 aromatic carbocycles. The molecule has 0 spiro atoms. The first-order chi connectivity index (χ1) is 28.1. The molecule has 0 fully saturated rings. The van der Waals surface area contributed by atoms with Crippen LogP contribution in [-0.4, -0.2) is 9.13 Å². The van der Waals surface area contributed by atoms with E-state index in [1.165, 1.54) is 36.5 Å². The number of fused-ring (bicyclic) bond motifs is 10. The van der Waals surface area contributed by atoms with Crippen molar-refractivity contribution < 1.29 is 0 Å². The molecular formula is C51H27N5S. The lowest BCUT2D eigenvalue weighted by molar-refractivity contribution is 1.18. The molecule has 57 heavy (non-hydrogen) atoms. The van der Waals surface area contributed by atoms with Crippen molar-refractivity contribution >= 4 is 80.8 Å². The van der Waals surface area contributed by atoms with Gasteiger partial charge >= 0.3 is 0 Å². The van der Waals surface area contributed by atoms with E-state index in [2.05, 4.69) is 135 Å². The molecule has 3 heterocycles. The number of nitrogens with zero attached hydrogens (tertiary/aromatic N) is 5. The van der Waals surface area contributed by atoms with Crippen LogP contribution in [0.3, 0.4) is 0 Å². The van der Waals surface area contributed by atoms with Crippen LogP contribution in [0.1, 0.15) is 11.1 Å². The van der Waals surface area contributed by atoms with E-state index in [0.29, 0.717) is 16.8 Å². The van der Waals surface area contributed by atoms with Gasteiger partial charge in [0.2, 0.25) is 0 Å². The summed E-state index contributed by atoms with van der Waals surface area (Å²) in [6.45, 7) is 8.14. The van der Waals surface area contributed by atoms with Gasteiger partial charge in [-0.25, -0.2) is 4.85 Å². The van der Waals surface area contributed by atoms with E-state index in [4.69, 9.17) is 6.57 Å². The fourth-order valence-electron chi connectivity index (χ4n) is 8.70. The molecule has 262 valence electrons. The highest BCUT2D eigenvalue weighted by atomic mass is 32.1. The van der Waals surface area contributed by atoms with Gasteiger partial charge < -0.3 is 9.13 Å². The second-order valence-electron chi connectivity index (χ2n) is 14.3. The molecule has 11 rings (SSSR count). The molecule has 0 N–H and O–H groups in total. The van der Waals surface area contributed by atoms with Crippen LogP contribution in [-0.2, 0) is 0 Å². The third kappa shape index (κ3) is 4.91. The van der Waals surface area contributed by atoms with Crippen LogP contribution < -0.4 is 0 Å². The standard InChI is InChI=1S/C51H27N5S/c1-54-35-25-34(27-37(28-35)56-46-20-17-31(29-52)23-43(46)44-24-32(30-53)18-21-47(44)56)39-12-3-2-11-38(39)33-9-8-10-36(26-33)55-45-15-6-4-14-42(45)50-48(55)22-19-41-40-13-5-7-16-49(40)57-51(41)50/h2-28H. The molecule has 0 unspecified atom stereocenters. The van der Waals surface area contributed by atoms with Crippen LogP contribution in [0.4, 0.5) is 5.69 Å². The molecule has 0 amide bonds. The molecule has 0 saturated heterocycles. The van der Waals surface area contributed by atoms with Crippen LogP contribution in [0.25, 0.3) is 102 Å². The minimum atomic E-state index is 0.515. The Hall–Kier alpha value is -7.95. The summed E-state index contributed by atoms with van der Waals surface area (Å²) in [4.78, 5) is 3.93. The van der Waals surface area contributed by atoms with Crippen molar-refractivity contribution in [3.8, 4) is 45.8 Å². The lowest BCUT2D eigenvalue weighted by Gasteiger charge is -2.16. The number of nitriles is 2. The van der Waals surface area contributed by atoms with Crippen molar-refractivity contribution in [3.63, 3.8) is 0 Å². The number of aromatic nitrogens is 2. The van der Waals surface area contributed by atoms with E-state index in [9.17, 15) is 10.5 Å². The highest BCUT2D eigenvalue weighted by Gasteiger charge is 2.19. The van der Waals surface area contributed by atoms with Crippen molar-refractivity contribution in [2.45, 2.75) is 0 Å². The van der Waals surface area contributed by atoms with E-state index in [-0.39, 0.29) is 0 Å². The van der Waals surface area contributed by atoms with Gasteiger partial charge in [0.25, 0.3) is 0 Å². The molecule has 0 radical (unpaired) electrons. The quantitative estimate of drug-likeness (QED) is 0.169. The summed E-state index contributed by atoms with van der Waals surface area (Å²) < 4.78 is 7.11. The number of para-hydroxylation sites is 1. The highest BCUT2D eigenvalue weighted by molar-refractivity contribution is 7.26. The number of thiophene rings is 1. The Balaban J connectivity index is 1.10. The zero-order valence-electron chi connectivity index (χ0n) is 30.2. The average Bonchev–Trinajstić information content (AvgIpc) is 3.93. The number of benzene rings is 8. The minimum Gasteiger partial charge on any atom is -0.310 e. The summed E-state index contributed by atoms with van der Waals surface area (Å²) in [7, 11) is 0. The van der Waals surface area contributed by atoms with Gasteiger partial charge in [-0.15, -0.1) is 11.3 Å². The van der Waals surface area contributed by atoms with E-state index in [1.54, 1.807) is 0 Å². The van der Waals surface area contributed by atoms with Gasteiger partial charge in [0.15, 0.2) is 5.69 Å². The summed E-state index contributed by atoms with van der Waals surface area (Å²) in [5.74, 6) is 0. The molecule has 0 atom stereocenters. The number of rotatable bonds is 4. The Labute approximate surface area is 331 Å². The summed E-state index contributed by atoms with van der Waals surface area (Å²) in [5.41, 5.74) is 11.7. The molecule has 6 heteroatoms. The van der Waals surface area contributed by atoms with E-state index in [1.807, 2.05) is 65.9 Å². The van der Waals surface area contributed by atoms with Gasteiger partial charge in [0.1, 0.15) is 0 Å². The molecule has 5 nitrogen and oxygen atoms in total. The largest absolute Gasteiger partial charge is 0.310 e. The molecular weight excluding hydrogens is 715 g/mol. The van der Waals surface area contributed by atoms with Gasteiger partial charge in [0.05, 0.1) is 51.9 Å². The van der Waals surface area contributed by atoms with Crippen LogP contribution in [0.15, 0.2) is 164 Å². The Morgan fingerprint density at radius 2 is 1.09 bits per heavy atom. The normalized spacial score (nSPS) is 11.5. The molecule has 11 aromatic rings. The Morgan fingerprint density at radius 1 is 0.474 bits per heavy atom. The van der Waals surface area contributed by atoms with Crippen LogP contribution in [0.5, 0.6) is 0 Å². The molecule has 3 aromatic heterocycles. The van der Waals surface area contributed by atoms with Gasteiger partial charge in [0, 0.05) is 53.1 Å². The first kappa shape index (κ1) is 32.5. The molecule has 0 bridgehead atoms. The maximum absolute atomic E-state index is 9.73. The number of hydrogen-bond acceptors (Lipinski definition) is 3. The Bertz CT molecular complexity index is 3560. The molecule has 0 saturated carbocycles. The third-order valence-electron chi connectivity index (χ3n) is 11.1. The third-order valence-corrected chi connectivity index (χ3v) is 12.4. The fourth-order valence-corrected chi connectivity index (χ4v) is 9.96. The average molecular weight is 742 g/mol. The van der Waals surface area contributed by atoms with Crippen LogP contribution in [0.2, 0.25) is 0 Å². The maximum atomic E-state index is 9.73. The topological polar surface area (TPSA) is 61.8 Å². The van der Waals surface area contributed by atoms with Gasteiger partial charge in [-0.1, -0.05) is 78.9 Å². The maximum Gasteiger partial charge on any atom is 0.189 e. The number of hydrogen-bond donors (Lipinski definition) is 0. The molecule has 0 aliphatic carbocycles. The smallest absolute Gasteiger partial charge is 0.189 e. The van der Waals surface area contributed by atoms with Crippen molar-refractivity contribution in [3.05, 3.63) is 186 Å². The van der Waals surface area contributed by atoms with Crippen LogP contribution in [0, 0.1) is 29.2 Å². The van der Waals surface area contributed by atoms with E-state index < -0.39 is 0 Å². The van der Waals surface area contributed by atoms with Crippen LogP contribution >= 0.6 is 11.3 Å².